The van der Waals surface area contributed by atoms with Gasteiger partial charge in [-0.1, -0.05) is 25.3 Å². The van der Waals surface area contributed by atoms with Gasteiger partial charge in [0, 0.05) is 0 Å². The number of hydrogen-bond acceptors (Lipinski definition) is 0. The van der Waals surface area contributed by atoms with E-state index in [1.807, 2.05) is 0 Å². The fraction of sp³-hybridized carbons (Fsp3) is 0. The van der Waals surface area contributed by atoms with Crippen molar-refractivity contribution in [1.29, 1.82) is 0 Å². The third-order valence-corrected chi connectivity index (χ3v) is 0.167. The molecule has 0 rings (SSSR count). The Bertz CT molecular complexity index is 29.0. The molecular formula is C4H10+4. The van der Waals surface area contributed by atoms with E-state index in [4.69, 9.17) is 0 Å². The van der Waals surface area contributed by atoms with Crippen molar-refractivity contribution in [2.45, 2.75) is 0 Å². The lowest BCUT2D eigenvalue weighted by Gasteiger charge is -1.44. The summed E-state index contributed by atoms with van der Waals surface area (Å²) in [6.07, 6.45) is 3.28. The van der Waals surface area contributed by atoms with Gasteiger partial charge in [-0.15, -0.1) is 0 Å². The predicted molar refractivity (Wildman–Crippen MR) is 24.8 cm³/mol. The molecule has 0 aromatic heterocycles. The Kier molecular flexibility index (Phi) is 2.16. The van der Waals surface area contributed by atoms with Crippen molar-refractivity contribution in [2.75, 3.05) is 0 Å². The van der Waals surface area contributed by atoms with E-state index in [0.717, 1.165) is 0 Å². The molecule has 0 aliphatic heterocycles. The second-order valence-electron chi connectivity index (χ2n) is 0.471. The van der Waals surface area contributed by atoms with Crippen LogP contribution < -0.4 is 0 Å². The van der Waals surface area contributed by atoms with Gasteiger partial charge in [0.15, 0.2) is 0 Å². The molecule has 4 heavy (non-hydrogen) atoms. The Morgan fingerprint density at radius 2 is 1.50 bits per heavy atom. The molecule has 0 radical (unpaired) electrons. The molecule has 0 heterocycles. The maximum absolute atomic E-state index is 3.36. The Balaban J connectivity index is -0.00000000750. The van der Waals surface area contributed by atoms with Crippen LogP contribution in [0.1, 0.15) is 5.71 Å². The van der Waals surface area contributed by atoms with Crippen molar-refractivity contribution < 1.29 is 5.71 Å². The topological polar surface area (TPSA) is 0 Å². The van der Waals surface area contributed by atoms with E-state index in [9.17, 15) is 0 Å². The zero-order valence-electron chi connectivity index (χ0n) is 6.57. The van der Waals surface area contributed by atoms with Crippen molar-refractivity contribution in [3.05, 3.63) is 25.3 Å². The van der Waals surface area contributed by atoms with E-state index in [-0.39, 0.29) is 5.71 Å². The molecule has 0 heteroatoms. The third-order valence-electron chi connectivity index (χ3n) is 0.167. The zero-order chi connectivity index (χ0) is 3.41. The van der Waals surface area contributed by atoms with Crippen LogP contribution in [0.4, 0.5) is 0 Å². The molecule has 0 aliphatic rings. The van der Waals surface area contributed by atoms with Crippen molar-refractivity contribution in [3.8, 4) is 0 Å². The standard InChI is InChI=1S/C4H6/c1-3-4-2/h3-4H,1-2H2/p+4. The lowest BCUT2D eigenvalue weighted by Crippen LogP contribution is -1.21. The first-order valence-corrected chi connectivity index (χ1v) is 1.15. The Labute approximate surface area is 32.4 Å². The quantitative estimate of drug-likeness (QED) is 0.403. The van der Waals surface area contributed by atoms with Gasteiger partial charge in [-0.3, -0.25) is 0 Å². The largest absolute Gasteiger partial charge is 1.00 e. The minimum absolute atomic E-state index is 0. The minimum atomic E-state index is 0. The normalized spacial score (nSPS) is 5.00. The molecule has 0 nitrogen and oxygen atoms in total. The summed E-state index contributed by atoms with van der Waals surface area (Å²) in [6, 6.07) is 0. The Morgan fingerprint density at radius 3 is 1.50 bits per heavy atom. The summed E-state index contributed by atoms with van der Waals surface area (Å²) in [7, 11) is 0. The molecule has 0 spiro atoms. The highest BCUT2D eigenvalue weighted by Gasteiger charge is 1.29. The molecule has 0 amide bonds. The van der Waals surface area contributed by atoms with E-state index in [2.05, 4.69) is 13.2 Å². The van der Waals surface area contributed by atoms with Crippen LogP contribution in [-0.4, -0.2) is 0 Å². The van der Waals surface area contributed by atoms with Crippen molar-refractivity contribution in [1.82, 2.24) is 0 Å². The van der Waals surface area contributed by atoms with Crippen LogP contribution in [0.5, 0.6) is 0 Å². The first kappa shape index (κ1) is 3.48. The molecule has 0 fully saturated rings. The summed E-state index contributed by atoms with van der Waals surface area (Å²) >= 11 is 0. The average molecular weight is 58.1 g/mol. The first-order chi connectivity index (χ1) is 1.91. The molecule has 0 bridgehead atoms. The van der Waals surface area contributed by atoms with Crippen LogP contribution >= 0.6 is 0 Å². The van der Waals surface area contributed by atoms with Crippen LogP contribution in [0.15, 0.2) is 25.3 Å². The van der Waals surface area contributed by atoms with E-state index >= 15 is 0 Å². The average Bonchev–Trinajstić information content (AvgIpc) is 1.37. The number of rotatable bonds is 1. The highest BCUT2D eigenvalue weighted by Crippen LogP contribution is 1.52. The van der Waals surface area contributed by atoms with Crippen molar-refractivity contribution >= 4 is 0 Å². The number of hydrogen-bond donors (Lipinski definition) is 0. The fourth-order valence-corrected chi connectivity index (χ4v) is 0. The highest BCUT2D eigenvalue weighted by atomic mass is 13.4. The predicted octanol–water partition coefficient (Wildman–Crippen LogP) is 1.81. The molecule has 0 atom stereocenters. The van der Waals surface area contributed by atoms with Gasteiger partial charge in [0.05, 0.1) is 0 Å². The molecular weight excluding hydrogens is 48.0 g/mol. The minimum Gasteiger partial charge on any atom is -0.0991 e. The maximum atomic E-state index is 3.36. The molecule has 0 saturated heterocycles. The molecule has 0 saturated carbocycles. The molecule has 0 aliphatic carbocycles. The number of allylic oxidation sites excluding steroid dienone is 2. The van der Waals surface area contributed by atoms with Gasteiger partial charge in [0.2, 0.25) is 0 Å². The Morgan fingerprint density at radius 1 is 1.25 bits per heavy atom. The van der Waals surface area contributed by atoms with Gasteiger partial charge in [0.25, 0.3) is 0 Å². The summed E-state index contributed by atoms with van der Waals surface area (Å²) in [5.41, 5.74) is 0. The van der Waals surface area contributed by atoms with Gasteiger partial charge in [-0.2, -0.15) is 0 Å². The SMILES string of the molecule is C=CC=C.[H+].[H+].[H+].[H+]. The maximum Gasteiger partial charge on any atom is 1.00 e. The van der Waals surface area contributed by atoms with Crippen LogP contribution in [0.25, 0.3) is 0 Å². The summed E-state index contributed by atoms with van der Waals surface area (Å²) in [4.78, 5) is 0. The van der Waals surface area contributed by atoms with Crippen molar-refractivity contribution in [2.24, 2.45) is 0 Å². The molecule has 0 unspecified atom stereocenters. The third kappa shape index (κ3) is 1.48. The van der Waals surface area contributed by atoms with Gasteiger partial charge < -0.3 is 0 Å². The summed E-state index contributed by atoms with van der Waals surface area (Å²) in [5, 5.41) is 0. The lowest BCUT2D eigenvalue weighted by molar-refractivity contribution is 2.15. The van der Waals surface area contributed by atoms with Crippen molar-refractivity contribution in [3.63, 3.8) is 0 Å². The van der Waals surface area contributed by atoms with E-state index < -0.39 is 0 Å². The molecule has 0 N–H and O–H groups in total. The van der Waals surface area contributed by atoms with Gasteiger partial charge in [-0.25, -0.2) is 0 Å². The fourth-order valence-electron chi connectivity index (χ4n) is 0. The van der Waals surface area contributed by atoms with Crippen LogP contribution in [0.2, 0.25) is 0 Å². The van der Waals surface area contributed by atoms with Gasteiger partial charge in [-0.05, 0) is 0 Å². The molecule has 0 aromatic rings. The Hall–Kier alpha value is -0.520. The van der Waals surface area contributed by atoms with E-state index in [0.29, 0.717) is 0 Å². The monoisotopic (exact) mass is 58.1 g/mol. The molecule has 22 valence electrons. The lowest BCUT2D eigenvalue weighted by atomic mass is 10.6. The highest BCUT2D eigenvalue weighted by molar-refractivity contribution is 4.88. The van der Waals surface area contributed by atoms with Crippen LogP contribution in [0, 0.1) is 0 Å². The van der Waals surface area contributed by atoms with Gasteiger partial charge >= 0.3 is 5.71 Å². The van der Waals surface area contributed by atoms with Gasteiger partial charge in [0.1, 0.15) is 0 Å². The first-order valence-electron chi connectivity index (χ1n) is 1.15. The second-order valence-corrected chi connectivity index (χ2v) is 0.471. The van der Waals surface area contributed by atoms with Crippen LogP contribution in [-0.2, 0) is 0 Å². The molecule has 0 aromatic carbocycles. The van der Waals surface area contributed by atoms with Crippen LogP contribution in [0.3, 0.4) is 0 Å². The summed E-state index contributed by atoms with van der Waals surface area (Å²) in [5.74, 6) is 0. The second kappa shape index (κ2) is 2.48. The zero-order valence-corrected chi connectivity index (χ0v) is 2.57. The smallest absolute Gasteiger partial charge is 0.0991 e. The van der Waals surface area contributed by atoms with E-state index in [1.54, 1.807) is 12.2 Å². The van der Waals surface area contributed by atoms with E-state index in [1.165, 1.54) is 0 Å². The summed E-state index contributed by atoms with van der Waals surface area (Å²) in [6.45, 7) is 6.72. The summed E-state index contributed by atoms with van der Waals surface area (Å²) < 4.78 is 0.